The van der Waals surface area contributed by atoms with Gasteiger partial charge in [0.1, 0.15) is 11.9 Å². The average Bonchev–Trinajstić information content (AvgIpc) is 2.35. The third-order valence-corrected chi connectivity index (χ3v) is 3.20. The molecule has 0 fully saturated rings. The summed E-state index contributed by atoms with van der Waals surface area (Å²) in [5.41, 5.74) is 0.721. The Morgan fingerprint density at radius 3 is 2.59 bits per heavy atom. The van der Waals surface area contributed by atoms with Crippen molar-refractivity contribution in [1.82, 2.24) is 4.98 Å². The number of phenols is 1. The Morgan fingerprint density at radius 1 is 1.18 bits per heavy atom. The Balaban J connectivity index is 2.51. The maximum absolute atomic E-state index is 10.1. The molecule has 1 atom stereocenters. The summed E-state index contributed by atoms with van der Waals surface area (Å²) in [4.78, 5) is 3.90. The van der Waals surface area contributed by atoms with E-state index in [0.29, 0.717) is 5.56 Å². The average molecular weight is 270 g/mol. The van der Waals surface area contributed by atoms with E-state index in [9.17, 15) is 10.2 Å². The van der Waals surface area contributed by atoms with Crippen LogP contribution in [0.1, 0.15) is 17.2 Å². The number of hydrogen-bond donors (Lipinski definition) is 2. The van der Waals surface area contributed by atoms with E-state index in [0.717, 1.165) is 0 Å². The second-order valence-electron chi connectivity index (χ2n) is 3.48. The van der Waals surface area contributed by atoms with Gasteiger partial charge < -0.3 is 10.2 Å². The monoisotopic (exact) mass is 269 g/mol. The highest BCUT2D eigenvalue weighted by Crippen LogP contribution is 2.38. The van der Waals surface area contributed by atoms with E-state index in [4.69, 9.17) is 23.2 Å². The van der Waals surface area contributed by atoms with Crippen molar-refractivity contribution in [3.8, 4) is 5.75 Å². The van der Waals surface area contributed by atoms with Crippen LogP contribution in [0.25, 0.3) is 0 Å². The zero-order valence-corrected chi connectivity index (χ0v) is 10.2. The van der Waals surface area contributed by atoms with E-state index in [2.05, 4.69) is 4.98 Å². The Morgan fingerprint density at radius 2 is 1.94 bits per heavy atom. The first-order valence-electron chi connectivity index (χ1n) is 4.86. The number of aliphatic hydroxyl groups is 1. The van der Waals surface area contributed by atoms with E-state index in [1.165, 1.54) is 18.3 Å². The Hall–Kier alpha value is -1.29. The molecule has 0 radical (unpaired) electrons. The van der Waals surface area contributed by atoms with Crippen LogP contribution < -0.4 is 0 Å². The number of rotatable bonds is 2. The highest BCUT2D eigenvalue weighted by Gasteiger charge is 2.20. The second-order valence-corrected chi connectivity index (χ2v) is 4.27. The molecule has 0 spiro atoms. The van der Waals surface area contributed by atoms with E-state index >= 15 is 0 Å². The summed E-state index contributed by atoms with van der Waals surface area (Å²) in [5.74, 6) is -0.101. The first-order chi connectivity index (χ1) is 8.11. The lowest BCUT2D eigenvalue weighted by Crippen LogP contribution is -2.01. The molecule has 2 aromatic rings. The summed E-state index contributed by atoms with van der Waals surface area (Å²) in [6, 6.07) is 6.24. The maximum Gasteiger partial charge on any atom is 0.123 e. The minimum atomic E-state index is -1.06. The molecule has 1 aromatic carbocycles. The molecular weight excluding hydrogens is 261 g/mol. The number of aromatic nitrogens is 1. The topological polar surface area (TPSA) is 53.4 Å². The van der Waals surface area contributed by atoms with Crippen molar-refractivity contribution in [3.05, 3.63) is 57.8 Å². The van der Waals surface area contributed by atoms with Gasteiger partial charge in [-0.3, -0.25) is 4.98 Å². The molecule has 17 heavy (non-hydrogen) atoms. The Bertz CT molecular complexity index is 532. The van der Waals surface area contributed by atoms with Gasteiger partial charge in [0.25, 0.3) is 0 Å². The van der Waals surface area contributed by atoms with Crippen LogP contribution in [0.4, 0.5) is 0 Å². The number of pyridine rings is 1. The fourth-order valence-corrected chi connectivity index (χ4v) is 1.95. The van der Waals surface area contributed by atoms with Crippen LogP contribution in [0.15, 0.2) is 36.7 Å². The Kier molecular flexibility index (Phi) is 3.52. The fraction of sp³-hybridized carbons (Fsp3) is 0.0833. The molecule has 1 unspecified atom stereocenters. The van der Waals surface area contributed by atoms with Crippen LogP contribution in [0.2, 0.25) is 10.0 Å². The van der Waals surface area contributed by atoms with Crippen LogP contribution in [0, 0.1) is 0 Å². The predicted octanol–water partition coefficient (Wildman–Crippen LogP) is 3.18. The van der Waals surface area contributed by atoms with Crippen LogP contribution >= 0.6 is 23.2 Å². The predicted molar refractivity (Wildman–Crippen MR) is 66.4 cm³/mol. The van der Waals surface area contributed by atoms with Gasteiger partial charge in [-0.2, -0.15) is 0 Å². The summed E-state index contributed by atoms with van der Waals surface area (Å²) >= 11 is 11.8. The zero-order chi connectivity index (χ0) is 12.4. The standard InChI is InChI=1S/C12H9Cl2NO2/c13-8-3-4-9(16)10(11(8)14)12(17)7-2-1-5-15-6-7/h1-6,12,16-17H. The molecular formula is C12H9Cl2NO2. The fourth-order valence-electron chi connectivity index (χ4n) is 1.52. The van der Waals surface area contributed by atoms with E-state index in [-0.39, 0.29) is 21.4 Å². The number of aromatic hydroxyl groups is 1. The molecule has 0 amide bonds. The van der Waals surface area contributed by atoms with Gasteiger partial charge in [-0.25, -0.2) is 0 Å². The van der Waals surface area contributed by atoms with Crippen LogP contribution in [-0.2, 0) is 0 Å². The zero-order valence-electron chi connectivity index (χ0n) is 8.64. The number of benzene rings is 1. The minimum Gasteiger partial charge on any atom is -0.508 e. The van der Waals surface area contributed by atoms with Crippen LogP contribution in [0.3, 0.4) is 0 Å². The molecule has 1 heterocycles. The number of nitrogens with zero attached hydrogens (tertiary/aromatic N) is 1. The van der Waals surface area contributed by atoms with Gasteiger partial charge in [0, 0.05) is 23.5 Å². The van der Waals surface area contributed by atoms with Crippen molar-refractivity contribution in [2.75, 3.05) is 0 Å². The quantitative estimate of drug-likeness (QED) is 0.881. The van der Waals surface area contributed by atoms with Gasteiger partial charge in [-0.15, -0.1) is 0 Å². The van der Waals surface area contributed by atoms with Gasteiger partial charge in [0.15, 0.2) is 0 Å². The first-order valence-corrected chi connectivity index (χ1v) is 5.61. The van der Waals surface area contributed by atoms with E-state index in [1.54, 1.807) is 18.3 Å². The lowest BCUT2D eigenvalue weighted by atomic mass is 10.0. The third kappa shape index (κ3) is 2.36. The molecule has 5 heteroatoms. The highest BCUT2D eigenvalue weighted by molar-refractivity contribution is 6.42. The molecule has 0 saturated heterocycles. The van der Waals surface area contributed by atoms with Crippen molar-refractivity contribution >= 4 is 23.2 Å². The smallest absolute Gasteiger partial charge is 0.123 e. The molecule has 0 bridgehead atoms. The van der Waals surface area contributed by atoms with Crippen LogP contribution in [0.5, 0.6) is 5.75 Å². The first kappa shape index (κ1) is 12.2. The lowest BCUT2D eigenvalue weighted by molar-refractivity contribution is 0.215. The Labute approximate surface area is 108 Å². The van der Waals surface area contributed by atoms with Gasteiger partial charge in [-0.05, 0) is 18.2 Å². The molecule has 0 aliphatic heterocycles. The van der Waals surface area contributed by atoms with Crippen molar-refractivity contribution in [2.24, 2.45) is 0 Å². The van der Waals surface area contributed by atoms with Crippen molar-refractivity contribution in [1.29, 1.82) is 0 Å². The highest BCUT2D eigenvalue weighted by atomic mass is 35.5. The second kappa shape index (κ2) is 4.92. The van der Waals surface area contributed by atoms with Gasteiger partial charge in [0.05, 0.1) is 10.0 Å². The maximum atomic E-state index is 10.1. The largest absolute Gasteiger partial charge is 0.508 e. The molecule has 1 aromatic heterocycles. The molecule has 0 aliphatic carbocycles. The molecule has 88 valence electrons. The molecule has 2 N–H and O–H groups in total. The van der Waals surface area contributed by atoms with Crippen molar-refractivity contribution < 1.29 is 10.2 Å². The molecule has 2 rings (SSSR count). The number of halogens is 2. The summed E-state index contributed by atoms with van der Waals surface area (Å²) < 4.78 is 0. The number of aliphatic hydroxyl groups excluding tert-OH is 1. The third-order valence-electron chi connectivity index (χ3n) is 2.38. The van der Waals surface area contributed by atoms with Gasteiger partial charge >= 0.3 is 0 Å². The molecule has 0 saturated carbocycles. The van der Waals surface area contributed by atoms with Gasteiger partial charge in [-0.1, -0.05) is 29.3 Å². The van der Waals surface area contributed by atoms with Crippen molar-refractivity contribution in [3.63, 3.8) is 0 Å². The van der Waals surface area contributed by atoms with E-state index < -0.39 is 6.10 Å². The number of hydrogen-bond acceptors (Lipinski definition) is 3. The minimum absolute atomic E-state index is 0.101. The van der Waals surface area contributed by atoms with Gasteiger partial charge in [0.2, 0.25) is 0 Å². The molecule has 3 nitrogen and oxygen atoms in total. The molecule has 0 aliphatic rings. The van der Waals surface area contributed by atoms with Crippen LogP contribution in [-0.4, -0.2) is 15.2 Å². The normalized spacial score (nSPS) is 12.4. The lowest BCUT2D eigenvalue weighted by Gasteiger charge is -2.15. The summed E-state index contributed by atoms with van der Waals surface area (Å²) in [6.07, 6.45) is 2.03. The van der Waals surface area contributed by atoms with Crippen molar-refractivity contribution in [2.45, 2.75) is 6.10 Å². The summed E-state index contributed by atoms with van der Waals surface area (Å²) in [7, 11) is 0. The van der Waals surface area contributed by atoms with E-state index in [1.807, 2.05) is 0 Å². The SMILES string of the molecule is Oc1ccc(Cl)c(Cl)c1C(O)c1cccnc1. The number of phenolic OH excluding ortho intramolecular Hbond substituents is 1. The summed E-state index contributed by atoms with van der Waals surface area (Å²) in [5, 5.41) is 20.3. The summed E-state index contributed by atoms with van der Waals surface area (Å²) in [6.45, 7) is 0.